The molecule has 19 heavy (non-hydrogen) atoms. The van der Waals surface area contributed by atoms with Crippen LogP contribution in [0.3, 0.4) is 0 Å². The summed E-state index contributed by atoms with van der Waals surface area (Å²) >= 11 is 0. The molecule has 1 aliphatic carbocycles. The van der Waals surface area contributed by atoms with Crippen molar-refractivity contribution in [3.8, 4) is 0 Å². The van der Waals surface area contributed by atoms with Gasteiger partial charge in [0.15, 0.2) is 0 Å². The molecular weight excluding hydrogens is 234 g/mol. The Morgan fingerprint density at radius 2 is 2.11 bits per heavy atom. The van der Waals surface area contributed by atoms with Crippen LogP contribution in [-0.4, -0.2) is 25.8 Å². The van der Waals surface area contributed by atoms with Gasteiger partial charge in [0.1, 0.15) is 0 Å². The molecule has 2 rings (SSSR count). The second-order valence-corrected chi connectivity index (χ2v) is 5.89. The molecule has 2 unspecified atom stereocenters. The first-order valence-electron chi connectivity index (χ1n) is 7.57. The normalized spacial score (nSPS) is 20.3. The van der Waals surface area contributed by atoms with E-state index in [-0.39, 0.29) is 0 Å². The third-order valence-electron chi connectivity index (χ3n) is 4.10. The van der Waals surface area contributed by atoms with Gasteiger partial charge in [-0.15, -0.1) is 0 Å². The van der Waals surface area contributed by atoms with Crippen molar-refractivity contribution in [3.63, 3.8) is 0 Å². The molecule has 0 aromatic heterocycles. The number of hydrogen-bond donors (Lipinski definition) is 1. The molecule has 1 N–H and O–H groups in total. The second kappa shape index (κ2) is 7.06. The van der Waals surface area contributed by atoms with Crippen LogP contribution in [0.25, 0.3) is 0 Å². The van der Waals surface area contributed by atoms with E-state index in [9.17, 15) is 0 Å². The molecule has 0 aliphatic heterocycles. The largest absolute Gasteiger partial charge is 0.377 e. The van der Waals surface area contributed by atoms with Crippen LogP contribution in [0.1, 0.15) is 50.2 Å². The van der Waals surface area contributed by atoms with E-state index in [0.717, 1.165) is 6.61 Å². The van der Waals surface area contributed by atoms with Crippen LogP contribution in [0.2, 0.25) is 0 Å². The van der Waals surface area contributed by atoms with Crippen molar-refractivity contribution in [1.82, 2.24) is 5.32 Å². The minimum absolute atomic E-state index is 0.314. The molecule has 0 spiro atoms. The van der Waals surface area contributed by atoms with Crippen LogP contribution in [0.5, 0.6) is 0 Å². The highest BCUT2D eigenvalue weighted by Gasteiger charge is 2.22. The van der Waals surface area contributed by atoms with Crippen molar-refractivity contribution < 1.29 is 4.74 Å². The highest BCUT2D eigenvalue weighted by molar-refractivity contribution is 5.32. The zero-order valence-electron chi connectivity index (χ0n) is 12.5. The molecule has 1 aromatic rings. The fraction of sp³-hybridized carbons (Fsp3) is 0.647. The van der Waals surface area contributed by atoms with Crippen LogP contribution >= 0.6 is 0 Å². The molecule has 0 bridgehead atoms. The van der Waals surface area contributed by atoms with Crippen molar-refractivity contribution in [2.45, 2.75) is 57.6 Å². The van der Waals surface area contributed by atoms with Gasteiger partial charge >= 0.3 is 0 Å². The van der Waals surface area contributed by atoms with Crippen LogP contribution in [0, 0.1) is 0 Å². The lowest BCUT2D eigenvalue weighted by molar-refractivity contribution is 0.0592. The van der Waals surface area contributed by atoms with Gasteiger partial charge in [0.2, 0.25) is 0 Å². The number of hydrogen-bond acceptors (Lipinski definition) is 2. The van der Waals surface area contributed by atoms with Crippen LogP contribution in [0.4, 0.5) is 0 Å². The molecule has 106 valence electrons. The van der Waals surface area contributed by atoms with Crippen LogP contribution in [0.15, 0.2) is 24.3 Å². The zero-order valence-corrected chi connectivity index (χ0v) is 12.5. The summed E-state index contributed by atoms with van der Waals surface area (Å²) in [6, 6.07) is 9.41. The highest BCUT2D eigenvalue weighted by atomic mass is 16.5. The number of likely N-dealkylation sites (N-methyl/N-ethyl adjacent to an activating group) is 1. The predicted octanol–water partition coefficient (Wildman–Crippen LogP) is 3.51. The number of fused-ring (bicyclic) bond motifs is 1. The molecular formula is C17H27NO. The lowest BCUT2D eigenvalue weighted by atomic mass is 9.79. The zero-order chi connectivity index (χ0) is 13.7. The molecule has 1 aromatic carbocycles. The molecule has 0 saturated carbocycles. The van der Waals surface area contributed by atoms with Gasteiger partial charge in [-0.05, 0) is 63.6 Å². The molecule has 0 radical (unpaired) electrons. The summed E-state index contributed by atoms with van der Waals surface area (Å²) < 4.78 is 5.76. The first-order valence-corrected chi connectivity index (χ1v) is 7.57. The molecule has 2 atom stereocenters. The standard InChI is InChI=1S/C17H27NO/c1-13(2)19-12-16(18-3)11-15-9-6-8-14-7-4-5-10-17(14)15/h4-5,7,10,13,15-16,18H,6,8-9,11-12H2,1-3H3. The Labute approximate surface area is 117 Å². The maximum atomic E-state index is 5.76. The van der Waals surface area contributed by atoms with Crippen molar-refractivity contribution in [1.29, 1.82) is 0 Å². The van der Waals surface area contributed by atoms with Crippen molar-refractivity contribution in [3.05, 3.63) is 35.4 Å². The Morgan fingerprint density at radius 1 is 1.32 bits per heavy atom. The van der Waals surface area contributed by atoms with E-state index in [2.05, 4.69) is 43.4 Å². The SMILES string of the molecule is CNC(COC(C)C)CC1CCCc2ccccc21. The van der Waals surface area contributed by atoms with Gasteiger partial charge in [-0.2, -0.15) is 0 Å². The molecule has 0 fully saturated rings. The van der Waals surface area contributed by atoms with Crippen molar-refractivity contribution in [2.24, 2.45) is 0 Å². The average Bonchev–Trinajstić information content (AvgIpc) is 2.43. The predicted molar refractivity (Wildman–Crippen MR) is 80.7 cm³/mol. The van der Waals surface area contributed by atoms with Gasteiger partial charge < -0.3 is 10.1 Å². The fourth-order valence-corrected chi connectivity index (χ4v) is 3.02. The van der Waals surface area contributed by atoms with E-state index in [0.29, 0.717) is 18.1 Å². The first kappa shape index (κ1) is 14.5. The van der Waals surface area contributed by atoms with E-state index in [1.807, 2.05) is 7.05 Å². The van der Waals surface area contributed by atoms with Gasteiger partial charge in [-0.3, -0.25) is 0 Å². The van der Waals surface area contributed by atoms with Gasteiger partial charge in [-0.1, -0.05) is 24.3 Å². The summed E-state index contributed by atoms with van der Waals surface area (Å²) in [7, 11) is 2.04. The number of benzene rings is 1. The lowest BCUT2D eigenvalue weighted by Crippen LogP contribution is -2.33. The van der Waals surface area contributed by atoms with Gasteiger partial charge in [0.25, 0.3) is 0 Å². The minimum atomic E-state index is 0.314. The third kappa shape index (κ3) is 4.05. The van der Waals surface area contributed by atoms with E-state index in [1.54, 1.807) is 11.1 Å². The van der Waals surface area contributed by atoms with Crippen LogP contribution in [-0.2, 0) is 11.2 Å². The lowest BCUT2D eigenvalue weighted by Gasteiger charge is -2.29. The highest BCUT2D eigenvalue weighted by Crippen LogP contribution is 2.34. The third-order valence-corrected chi connectivity index (χ3v) is 4.10. The summed E-state index contributed by atoms with van der Waals surface area (Å²) in [5.74, 6) is 0.693. The Hall–Kier alpha value is -0.860. The average molecular weight is 261 g/mol. The van der Waals surface area contributed by atoms with E-state index in [1.165, 1.54) is 25.7 Å². The summed E-state index contributed by atoms with van der Waals surface area (Å²) in [5.41, 5.74) is 3.12. The summed E-state index contributed by atoms with van der Waals surface area (Å²) in [5, 5.41) is 3.41. The molecule has 2 nitrogen and oxygen atoms in total. The molecule has 0 heterocycles. The van der Waals surface area contributed by atoms with Gasteiger partial charge in [0, 0.05) is 6.04 Å². The van der Waals surface area contributed by atoms with Crippen molar-refractivity contribution >= 4 is 0 Å². The Balaban J connectivity index is 1.98. The topological polar surface area (TPSA) is 21.3 Å². The van der Waals surface area contributed by atoms with E-state index in [4.69, 9.17) is 4.74 Å². The first-order chi connectivity index (χ1) is 9.20. The molecule has 0 saturated heterocycles. The van der Waals surface area contributed by atoms with E-state index < -0.39 is 0 Å². The number of aryl methyl sites for hydroxylation is 1. The maximum Gasteiger partial charge on any atom is 0.0623 e. The van der Waals surface area contributed by atoms with E-state index >= 15 is 0 Å². The fourth-order valence-electron chi connectivity index (χ4n) is 3.02. The summed E-state index contributed by atoms with van der Waals surface area (Å²) in [6.45, 7) is 5.01. The monoisotopic (exact) mass is 261 g/mol. The van der Waals surface area contributed by atoms with Crippen molar-refractivity contribution in [2.75, 3.05) is 13.7 Å². The number of rotatable bonds is 6. The molecule has 1 aliphatic rings. The molecule has 0 amide bonds. The van der Waals surface area contributed by atoms with Crippen LogP contribution < -0.4 is 5.32 Å². The minimum Gasteiger partial charge on any atom is -0.377 e. The maximum absolute atomic E-state index is 5.76. The Morgan fingerprint density at radius 3 is 2.84 bits per heavy atom. The smallest absolute Gasteiger partial charge is 0.0623 e. The number of nitrogens with one attached hydrogen (secondary N) is 1. The van der Waals surface area contributed by atoms with Gasteiger partial charge in [0.05, 0.1) is 12.7 Å². The molecule has 2 heteroatoms. The second-order valence-electron chi connectivity index (χ2n) is 5.89. The van der Waals surface area contributed by atoms with Gasteiger partial charge in [-0.25, -0.2) is 0 Å². The summed E-state index contributed by atoms with van der Waals surface area (Å²) in [4.78, 5) is 0. The summed E-state index contributed by atoms with van der Waals surface area (Å²) in [6.07, 6.45) is 5.38. The Bertz CT molecular complexity index is 389. The quantitative estimate of drug-likeness (QED) is 0.846. The Kier molecular flexibility index (Phi) is 5.41. The number of ether oxygens (including phenoxy) is 1.